The predicted molar refractivity (Wildman–Crippen MR) is 77.0 cm³/mol. The van der Waals surface area contributed by atoms with E-state index in [-0.39, 0.29) is 29.4 Å². The van der Waals surface area contributed by atoms with E-state index in [1.54, 1.807) is 4.90 Å². The summed E-state index contributed by atoms with van der Waals surface area (Å²) in [5, 5.41) is 11.6. The Balaban J connectivity index is 2.23. The molecule has 1 aliphatic heterocycles. The lowest BCUT2D eigenvalue weighted by molar-refractivity contribution is 0.0698. The van der Waals surface area contributed by atoms with Crippen LogP contribution >= 0.6 is 0 Å². The molecular formula is C15H19FN2O3. The van der Waals surface area contributed by atoms with Crippen molar-refractivity contribution in [1.82, 2.24) is 4.90 Å². The molecule has 114 valence electrons. The number of nitrogens with zero attached hydrogens (tertiary/aromatic N) is 1. The first-order valence-electron chi connectivity index (χ1n) is 7.06. The normalized spacial score (nSPS) is 21.4. The van der Waals surface area contributed by atoms with Crippen molar-refractivity contribution in [3.8, 4) is 0 Å². The van der Waals surface area contributed by atoms with Crippen LogP contribution in [0.1, 0.15) is 43.5 Å². The molecule has 2 rings (SSSR count). The molecule has 1 saturated heterocycles. The van der Waals surface area contributed by atoms with Crippen LogP contribution in [0.25, 0.3) is 0 Å². The van der Waals surface area contributed by atoms with E-state index in [1.807, 2.05) is 13.8 Å². The minimum Gasteiger partial charge on any atom is -0.478 e. The summed E-state index contributed by atoms with van der Waals surface area (Å²) in [4.78, 5) is 25.2. The van der Waals surface area contributed by atoms with Crippen molar-refractivity contribution in [2.24, 2.45) is 0 Å². The van der Waals surface area contributed by atoms with Gasteiger partial charge >= 0.3 is 12.0 Å². The molecule has 5 nitrogen and oxygen atoms in total. The number of urea groups is 1. The monoisotopic (exact) mass is 294 g/mol. The zero-order chi connectivity index (χ0) is 15.6. The second-order valence-electron chi connectivity index (χ2n) is 5.32. The van der Waals surface area contributed by atoms with E-state index in [0.29, 0.717) is 0 Å². The smallest absolute Gasteiger partial charge is 0.337 e. The number of carboxylic acids is 1. The Morgan fingerprint density at radius 2 is 2.14 bits per heavy atom. The summed E-state index contributed by atoms with van der Waals surface area (Å²) in [5.74, 6) is -1.79. The molecule has 21 heavy (non-hydrogen) atoms. The Morgan fingerprint density at radius 1 is 1.43 bits per heavy atom. The molecule has 2 atom stereocenters. The van der Waals surface area contributed by atoms with Crippen molar-refractivity contribution in [3.05, 3.63) is 29.6 Å². The average molecular weight is 294 g/mol. The van der Waals surface area contributed by atoms with E-state index in [9.17, 15) is 14.0 Å². The summed E-state index contributed by atoms with van der Waals surface area (Å²) >= 11 is 0. The molecule has 0 spiro atoms. The number of benzene rings is 1. The molecule has 0 aromatic heterocycles. The number of carboxylic acid groups (broad SMARTS) is 1. The van der Waals surface area contributed by atoms with Crippen molar-refractivity contribution in [1.29, 1.82) is 0 Å². The van der Waals surface area contributed by atoms with Crippen LogP contribution in [0.4, 0.5) is 14.9 Å². The second kappa shape index (κ2) is 6.11. The first-order chi connectivity index (χ1) is 9.93. The lowest BCUT2D eigenvalue weighted by atomic mass is 10.1. The van der Waals surface area contributed by atoms with Gasteiger partial charge in [-0.3, -0.25) is 0 Å². The highest BCUT2D eigenvalue weighted by molar-refractivity contribution is 6.00. The molecule has 0 saturated carbocycles. The van der Waals surface area contributed by atoms with Crippen molar-refractivity contribution in [2.45, 2.75) is 45.2 Å². The minimum absolute atomic E-state index is 0.0125. The first kappa shape index (κ1) is 15.3. The van der Waals surface area contributed by atoms with Crippen LogP contribution in [0, 0.1) is 5.82 Å². The summed E-state index contributed by atoms with van der Waals surface area (Å²) in [6.45, 7) is 3.97. The van der Waals surface area contributed by atoms with E-state index in [4.69, 9.17) is 5.11 Å². The molecule has 1 aromatic rings. The second-order valence-corrected chi connectivity index (χ2v) is 5.32. The number of aromatic carboxylic acids is 1. The van der Waals surface area contributed by atoms with Gasteiger partial charge in [0.1, 0.15) is 5.82 Å². The molecule has 0 bridgehead atoms. The molecule has 2 unspecified atom stereocenters. The van der Waals surface area contributed by atoms with Crippen molar-refractivity contribution < 1.29 is 19.1 Å². The van der Waals surface area contributed by atoms with Gasteiger partial charge in [0.25, 0.3) is 0 Å². The van der Waals surface area contributed by atoms with Crippen LogP contribution in [0.2, 0.25) is 0 Å². The van der Waals surface area contributed by atoms with Gasteiger partial charge in [0, 0.05) is 12.1 Å². The average Bonchev–Trinajstić information content (AvgIpc) is 2.79. The van der Waals surface area contributed by atoms with Crippen molar-refractivity contribution in [2.75, 3.05) is 5.32 Å². The molecule has 0 aliphatic carbocycles. The number of halogens is 1. The fraction of sp³-hybridized carbons (Fsp3) is 0.467. The SMILES string of the molecule is CCC1CCC(C)N1C(=O)Nc1cc(F)ccc1C(=O)O. The molecule has 0 radical (unpaired) electrons. The van der Waals surface area contributed by atoms with Gasteiger partial charge in [0.2, 0.25) is 0 Å². The Morgan fingerprint density at radius 3 is 2.76 bits per heavy atom. The fourth-order valence-corrected chi connectivity index (χ4v) is 2.82. The topological polar surface area (TPSA) is 69.6 Å². The molecular weight excluding hydrogens is 275 g/mol. The van der Waals surface area contributed by atoms with Gasteiger partial charge in [-0.15, -0.1) is 0 Å². The van der Waals surface area contributed by atoms with Gasteiger partial charge in [-0.2, -0.15) is 0 Å². The Kier molecular flexibility index (Phi) is 4.45. The number of hydrogen-bond donors (Lipinski definition) is 2. The maximum Gasteiger partial charge on any atom is 0.337 e. The van der Waals surface area contributed by atoms with Gasteiger partial charge in [-0.1, -0.05) is 6.92 Å². The zero-order valence-corrected chi connectivity index (χ0v) is 12.1. The third-order valence-electron chi connectivity index (χ3n) is 3.95. The number of carbonyl (C=O) groups is 2. The molecule has 1 aromatic carbocycles. The Hall–Kier alpha value is -2.11. The number of anilines is 1. The van der Waals surface area contributed by atoms with Crippen LogP contribution in [0.3, 0.4) is 0 Å². The summed E-state index contributed by atoms with van der Waals surface area (Å²) in [5.41, 5.74) is -0.133. The Labute approximate surface area is 122 Å². The van der Waals surface area contributed by atoms with Crippen molar-refractivity contribution in [3.63, 3.8) is 0 Å². The van der Waals surface area contributed by atoms with Crippen LogP contribution in [-0.4, -0.2) is 34.1 Å². The lowest BCUT2D eigenvalue weighted by Gasteiger charge is -2.28. The van der Waals surface area contributed by atoms with Crippen LogP contribution < -0.4 is 5.32 Å². The molecule has 1 fully saturated rings. The number of carbonyl (C=O) groups excluding carboxylic acids is 1. The van der Waals surface area contributed by atoms with Gasteiger partial charge in [-0.05, 0) is 44.4 Å². The minimum atomic E-state index is -1.20. The standard InChI is InChI=1S/C15H19FN2O3/c1-3-11-6-4-9(2)18(11)15(21)17-13-8-10(16)5-7-12(13)14(19)20/h5,7-9,11H,3-4,6H2,1-2H3,(H,17,21)(H,19,20). The van der Waals surface area contributed by atoms with E-state index < -0.39 is 11.8 Å². The summed E-state index contributed by atoms with van der Waals surface area (Å²) in [6, 6.07) is 3.10. The molecule has 2 N–H and O–H groups in total. The van der Waals surface area contributed by atoms with E-state index in [0.717, 1.165) is 37.5 Å². The third-order valence-corrected chi connectivity index (χ3v) is 3.95. The van der Waals surface area contributed by atoms with Gasteiger partial charge < -0.3 is 15.3 Å². The highest BCUT2D eigenvalue weighted by atomic mass is 19.1. The molecule has 6 heteroatoms. The number of nitrogens with one attached hydrogen (secondary N) is 1. The Bertz CT molecular complexity index is 562. The maximum absolute atomic E-state index is 13.3. The van der Waals surface area contributed by atoms with Crippen LogP contribution in [0.5, 0.6) is 0 Å². The lowest BCUT2D eigenvalue weighted by Crippen LogP contribution is -2.42. The van der Waals surface area contributed by atoms with E-state index in [1.165, 1.54) is 0 Å². The third kappa shape index (κ3) is 3.15. The summed E-state index contributed by atoms with van der Waals surface area (Å²) < 4.78 is 13.3. The molecule has 2 amide bonds. The fourth-order valence-electron chi connectivity index (χ4n) is 2.82. The largest absolute Gasteiger partial charge is 0.478 e. The van der Waals surface area contributed by atoms with Gasteiger partial charge in [0.05, 0.1) is 11.3 Å². The maximum atomic E-state index is 13.3. The summed E-state index contributed by atoms with van der Waals surface area (Å²) in [6.07, 6.45) is 2.69. The van der Waals surface area contributed by atoms with E-state index >= 15 is 0 Å². The van der Waals surface area contributed by atoms with Gasteiger partial charge in [0.15, 0.2) is 0 Å². The molecule has 1 aliphatic rings. The van der Waals surface area contributed by atoms with E-state index in [2.05, 4.69) is 5.32 Å². The van der Waals surface area contributed by atoms with Crippen LogP contribution in [-0.2, 0) is 0 Å². The van der Waals surface area contributed by atoms with Gasteiger partial charge in [-0.25, -0.2) is 14.0 Å². The number of likely N-dealkylation sites (tertiary alicyclic amines) is 1. The highest BCUT2D eigenvalue weighted by Gasteiger charge is 2.33. The zero-order valence-electron chi connectivity index (χ0n) is 12.1. The predicted octanol–water partition coefficient (Wildman–Crippen LogP) is 3.32. The number of hydrogen-bond acceptors (Lipinski definition) is 2. The quantitative estimate of drug-likeness (QED) is 0.898. The molecule has 1 heterocycles. The number of amides is 2. The number of rotatable bonds is 3. The highest BCUT2D eigenvalue weighted by Crippen LogP contribution is 2.27. The summed E-state index contributed by atoms with van der Waals surface area (Å²) in [7, 11) is 0. The van der Waals surface area contributed by atoms with Crippen LogP contribution in [0.15, 0.2) is 18.2 Å². The van der Waals surface area contributed by atoms with Crippen molar-refractivity contribution >= 4 is 17.7 Å². The first-order valence-corrected chi connectivity index (χ1v) is 7.06.